The molecule has 0 aromatic carbocycles. The zero-order chi connectivity index (χ0) is 11.8. The van der Waals surface area contributed by atoms with Crippen molar-refractivity contribution in [3.8, 4) is 0 Å². The number of nitrogens with one attached hydrogen (secondary N) is 1. The van der Waals surface area contributed by atoms with Crippen molar-refractivity contribution in [3.63, 3.8) is 0 Å². The Morgan fingerprint density at radius 3 is 3.00 bits per heavy atom. The fraction of sp³-hybridized carbons (Fsp3) is 0.667. The smallest absolute Gasteiger partial charge is 0.240 e. The van der Waals surface area contributed by atoms with Gasteiger partial charge in [0.05, 0.1) is 5.54 Å². The summed E-state index contributed by atoms with van der Waals surface area (Å²) in [5.41, 5.74) is 5.98. The van der Waals surface area contributed by atoms with E-state index in [1.165, 1.54) is 11.5 Å². The van der Waals surface area contributed by atoms with Gasteiger partial charge in [-0.25, -0.2) is 0 Å². The van der Waals surface area contributed by atoms with Crippen molar-refractivity contribution >= 4 is 22.4 Å². The molecular weight excluding hydrogens is 226 g/mol. The molecule has 6 nitrogen and oxygen atoms in total. The van der Waals surface area contributed by atoms with Crippen LogP contribution in [0.2, 0.25) is 0 Å². The van der Waals surface area contributed by atoms with Crippen molar-refractivity contribution in [1.29, 1.82) is 0 Å². The highest BCUT2D eigenvalue weighted by atomic mass is 32.1. The SMILES string of the molecule is CC1(C)C(=O)NCCN1Cc1nnsc1N. The molecule has 0 atom stereocenters. The number of hydrogen-bond acceptors (Lipinski definition) is 6. The van der Waals surface area contributed by atoms with Gasteiger partial charge in [0.2, 0.25) is 5.91 Å². The first-order valence-corrected chi connectivity index (χ1v) is 5.89. The largest absolute Gasteiger partial charge is 0.388 e. The maximum absolute atomic E-state index is 11.7. The number of nitrogen functional groups attached to an aromatic ring is 1. The number of carbonyl (C=O) groups excluding carboxylic acids is 1. The predicted molar refractivity (Wildman–Crippen MR) is 61.8 cm³/mol. The number of anilines is 1. The van der Waals surface area contributed by atoms with Crippen LogP contribution < -0.4 is 11.1 Å². The molecule has 16 heavy (non-hydrogen) atoms. The lowest BCUT2D eigenvalue weighted by atomic mass is 9.99. The van der Waals surface area contributed by atoms with Crippen LogP contribution in [0.1, 0.15) is 19.5 Å². The van der Waals surface area contributed by atoms with Crippen LogP contribution in [-0.4, -0.2) is 39.0 Å². The zero-order valence-corrected chi connectivity index (χ0v) is 10.2. The van der Waals surface area contributed by atoms with E-state index in [4.69, 9.17) is 5.73 Å². The first-order chi connectivity index (χ1) is 7.51. The summed E-state index contributed by atoms with van der Waals surface area (Å²) in [7, 11) is 0. The molecule has 0 saturated carbocycles. The summed E-state index contributed by atoms with van der Waals surface area (Å²) in [4.78, 5) is 13.8. The molecule has 1 aromatic rings. The third-order valence-electron chi connectivity index (χ3n) is 2.94. The minimum absolute atomic E-state index is 0.0421. The lowest BCUT2D eigenvalue weighted by Crippen LogP contribution is -2.61. The Kier molecular flexibility index (Phi) is 2.81. The highest BCUT2D eigenvalue weighted by Gasteiger charge is 2.37. The fourth-order valence-corrected chi connectivity index (χ4v) is 2.16. The number of nitrogens with zero attached hydrogens (tertiary/aromatic N) is 3. The summed E-state index contributed by atoms with van der Waals surface area (Å²) < 4.78 is 3.79. The van der Waals surface area contributed by atoms with E-state index in [1.807, 2.05) is 13.8 Å². The first kappa shape index (κ1) is 11.3. The number of carbonyl (C=O) groups is 1. The third-order valence-corrected chi connectivity index (χ3v) is 3.53. The Bertz CT molecular complexity index is 402. The topological polar surface area (TPSA) is 84.1 Å². The number of aromatic nitrogens is 2. The van der Waals surface area contributed by atoms with Gasteiger partial charge >= 0.3 is 0 Å². The predicted octanol–water partition coefficient (Wildman–Crippen LogP) is -0.169. The monoisotopic (exact) mass is 241 g/mol. The van der Waals surface area contributed by atoms with E-state index < -0.39 is 5.54 Å². The summed E-state index contributed by atoms with van der Waals surface area (Å²) in [6.07, 6.45) is 0. The van der Waals surface area contributed by atoms with E-state index in [2.05, 4.69) is 19.8 Å². The van der Waals surface area contributed by atoms with E-state index in [0.29, 0.717) is 18.1 Å². The summed E-state index contributed by atoms with van der Waals surface area (Å²) in [5.74, 6) is 0.0421. The van der Waals surface area contributed by atoms with Gasteiger partial charge in [0, 0.05) is 31.2 Å². The van der Waals surface area contributed by atoms with Gasteiger partial charge in [0.25, 0.3) is 0 Å². The highest BCUT2D eigenvalue weighted by Crippen LogP contribution is 2.22. The Hall–Kier alpha value is -1.21. The first-order valence-electron chi connectivity index (χ1n) is 5.12. The molecule has 0 unspecified atom stereocenters. The van der Waals surface area contributed by atoms with Crippen LogP contribution in [0.5, 0.6) is 0 Å². The zero-order valence-electron chi connectivity index (χ0n) is 9.36. The molecule has 1 aliphatic heterocycles. The Morgan fingerprint density at radius 2 is 2.38 bits per heavy atom. The van der Waals surface area contributed by atoms with Crippen molar-refractivity contribution in [2.45, 2.75) is 25.9 Å². The second-order valence-electron chi connectivity index (χ2n) is 4.32. The molecular formula is C9H15N5OS. The van der Waals surface area contributed by atoms with Gasteiger partial charge in [-0.3, -0.25) is 9.69 Å². The molecule has 1 amide bonds. The molecule has 7 heteroatoms. The lowest BCUT2D eigenvalue weighted by Gasteiger charge is -2.40. The molecule has 0 aliphatic carbocycles. The van der Waals surface area contributed by atoms with Gasteiger partial charge in [-0.05, 0) is 13.8 Å². The van der Waals surface area contributed by atoms with Crippen molar-refractivity contribution < 1.29 is 4.79 Å². The standard InChI is InChI=1S/C9H15N5OS/c1-9(2)8(15)11-3-4-14(9)5-6-7(10)16-13-12-6/h3-5,10H2,1-2H3,(H,11,15). The van der Waals surface area contributed by atoms with Gasteiger partial charge in [-0.2, -0.15) is 0 Å². The molecule has 2 rings (SSSR count). The minimum Gasteiger partial charge on any atom is -0.388 e. The maximum atomic E-state index is 11.7. The molecule has 0 bridgehead atoms. The van der Waals surface area contributed by atoms with Crippen LogP contribution >= 0.6 is 11.5 Å². The second-order valence-corrected chi connectivity index (χ2v) is 5.11. The van der Waals surface area contributed by atoms with E-state index in [-0.39, 0.29) is 5.91 Å². The normalized spacial score (nSPS) is 20.8. The molecule has 0 spiro atoms. The molecule has 1 aromatic heterocycles. The lowest BCUT2D eigenvalue weighted by molar-refractivity contribution is -0.135. The number of rotatable bonds is 2. The van der Waals surface area contributed by atoms with Crippen LogP contribution in [-0.2, 0) is 11.3 Å². The molecule has 3 N–H and O–H groups in total. The summed E-state index contributed by atoms with van der Waals surface area (Å²) in [6.45, 7) is 5.84. The van der Waals surface area contributed by atoms with E-state index in [0.717, 1.165) is 12.2 Å². The Labute approximate surface area is 98.0 Å². The molecule has 0 radical (unpaired) electrons. The van der Waals surface area contributed by atoms with Crippen molar-refractivity contribution in [1.82, 2.24) is 19.8 Å². The maximum Gasteiger partial charge on any atom is 0.240 e. The highest BCUT2D eigenvalue weighted by molar-refractivity contribution is 7.09. The van der Waals surface area contributed by atoms with Gasteiger partial charge in [0.15, 0.2) is 0 Å². The minimum atomic E-state index is -0.520. The van der Waals surface area contributed by atoms with Crippen LogP contribution in [0.4, 0.5) is 5.00 Å². The van der Waals surface area contributed by atoms with Gasteiger partial charge in [-0.15, -0.1) is 5.10 Å². The molecule has 1 aliphatic rings. The van der Waals surface area contributed by atoms with E-state index in [1.54, 1.807) is 0 Å². The third kappa shape index (κ3) is 1.88. The summed E-state index contributed by atoms with van der Waals surface area (Å²) in [5, 5.41) is 7.45. The molecule has 88 valence electrons. The van der Waals surface area contributed by atoms with Gasteiger partial charge in [-0.1, -0.05) is 4.49 Å². The number of nitrogens with two attached hydrogens (primary N) is 1. The average Bonchev–Trinajstić information content (AvgIpc) is 2.60. The summed E-state index contributed by atoms with van der Waals surface area (Å²) in [6, 6.07) is 0. The van der Waals surface area contributed by atoms with E-state index in [9.17, 15) is 4.79 Å². The van der Waals surface area contributed by atoms with Crippen LogP contribution in [0.25, 0.3) is 0 Å². The number of amides is 1. The molecule has 1 saturated heterocycles. The van der Waals surface area contributed by atoms with Gasteiger partial charge < -0.3 is 11.1 Å². The average molecular weight is 241 g/mol. The quantitative estimate of drug-likeness (QED) is 0.751. The fourth-order valence-electron chi connectivity index (χ4n) is 1.73. The van der Waals surface area contributed by atoms with Crippen LogP contribution in [0, 0.1) is 0 Å². The molecule has 1 fully saturated rings. The molecule has 2 heterocycles. The van der Waals surface area contributed by atoms with Crippen molar-refractivity contribution in [2.24, 2.45) is 0 Å². The van der Waals surface area contributed by atoms with Crippen LogP contribution in [0.15, 0.2) is 0 Å². The van der Waals surface area contributed by atoms with Crippen LogP contribution in [0.3, 0.4) is 0 Å². The Balaban J connectivity index is 2.15. The van der Waals surface area contributed by atoms with Crippen molar-refractivity contribution in [3.05, 3.63) is 5.69 Å². The summed E-state index contributed by atoms with van der Waals surface area (Å²) >= 11 is 1.18. The Morgan fingerprint density at radius 1 is 1.62 bits per heavy atom. The number of piperazine rings is 1. The van der Waals surface area contributed by atoms with E-state index >= 15 is 0 Å². The second kappa shape index (κ2) is 3.99. The van der Waals surface area contributed by atoms with Gasteiger partial charge in [0.1, 0.15) is 10.7 Å². The van der Waals surface area contributed by atoms with Crippen molar-refractivity contribution in [2.75, 3.05) is 18.8 Å². The number of hydrogen-bond donors (Lipinski definition) is 2.